The molecular formula is CoLiS2. The van der Waals surface area contributed by atoms with Crippen LogP contribution in [0, 0.1) is 0 Å². The average Bonchev–Trinajstić information content (AvgIpc) is 0.918. The molecule has 0 nitrogen and oxygen atoms in total. The fraction of sp³-hybridized carbons (Fsp3) is 0. The van der Waals surface area contributed by atoms with Gasteiger partial charge in [-0.25, -0.2) is 0 Å². The van der Waals surface area contributed by atoms with Gasteiger partial charge in [0.15, 0.2) is 0 Å². The van der Waals surface area contributed by atoms with Gasteiger partial charge in [-0.2, -0.15) is 0 Å². The van der Waals surface area contributed by atoms with Crippen LogP contribution >= 0.6 is 21.2 Å². The molecule has 0 amide bonds. The predicted molar refractivity (Wildman–Crippen MR) is 20.9 cm³/mol. The summed E-state index contributed by atoms with van der Waals surface area (Å²) in [6.45, 7) is 0. The molecule has 4 heteroatoms. The molecule has 0 aromatic rings. The van der Waals surface area contributed by atoms with Crippen LogP contribution in [0.5, 0.6) is 0 Å². The first kappa shape index (κ1) is 9.11. The third kappa shape index (κ3) is 9.62. The molecule has 0 aliphatic carbocycles. The number of hydrogen-bond donors (Lipinski definition) is 0. The van der Waals surface area contributed by atoms with Crippen LogP contribution in [0.1, 0.15) is 0 Å². The van der Waals surface area contributed by atoms with E-state index in [0.717, 1.165) is 0 Å². The summed E-state index contributed by atoms with van der Waals surface area (Å²) in [5.74, 6) is 0. The molecule has 0 fully saturated rings. The molecule has 1 radical (unpaired) electrons. The van der Waals surface area contributed by atoms with Crippen LogP contribution in [0.15, 0.2) is 0 Å². The Labute approximate surface area is 51.3 Å². The molecule has 0 heterocycles. The quantitative estimate of drug-likeness (QED) is 0.447. The van der Waals surface area contributed by atoms with Gasteiger partial charge >= 0.3 is 32.7 Å². The molecule has 0 aliphatic heterocycles. The van der Waals surface area contributed by atoms with Crippen molar-refractivity contribution in [3.63, 3.8) is 0 Å². The Morgan fingerprint density at radius 2 is 1.25 bits per heavy atom. The first-order valence-electron chi connectivity index (χ1n) is 0.272. The van der Waals surface area contributed by atoms with Crippen molar-refractivity contribution < 1.29 is 11.5 Å². The number of rotatable bonds is 0. The minimum atomic E-state index is 0. The van der Waals surface area contributed by atoms with Crippen LogP contribution < -0.4 is 0 Å². The summed E-state index contributed by atoms with van der Waals surface area (Å²) >= 11 is 0.604. The Bertz CT molecular complexity index is 27.0. The zero-order chi connectivity index (χ0) is 2.71. The SMILES string of the molecule is [Li].[S]=[Co]=[S]. The first-order valence-corrected chi connectivity index (χ1v) is 3.37. The van der Waals surface area contributed by atoms with E-state index < -0.39 is 0 Å². The van der Waals surface area contributed by atoms with Crippen LogP contribution in [0.3, 0.4) is 0 Å². The van der Waals surface area contributed by atoms with Crippen molar-refractivity contribution in [1.82, 2.24) is 0 Å². The average molecular weight is 130 g/mol. The normalized spacial score (nSPS) is 4.00. The Morgan fingerprint density at radius 3 is 1.25 bits per heavy atom. The Kier molecular flexibility index (Phi) is 20.1. The van der Waals surface area contributed by atoms with E-state index in [-0.39, 0.29) is 18.9 Å². The summed E-state index contributed by atoms with van der Waals surface area (Å²) in [5.41, 5.74) is 0. The van der Waals surface area contributed by atoms with Crippen molar-refractivity contribution in [2.45, 2.75) is 0 Å². The van der Waals surface area contributed by atoms with E-state index in [1.165, 1.54) is 0 Å². The van der Waals surface area contributed by atoms with E-state index in [2.05, 4.69) is 21.2 Å². The molecule has 0 spiro atoms. The summed E-state index contributed by atoms with van der Waals surface area (Å²) in [7, 11) is 8.35. The zero-order valence-electron chi connectivity index (χ0n) is 2.15. The van der Waals surface area contributed by atoms with Crippen LogP contribution in [0.25, 0.3) is 0 Å². The molecule has 0 atom stereocenters. The van der Waals surface area contributed by atoms with Gasteiger partial charge in [-0.05, 0) is 0 Å². The Hall–Kier alpha value is 1.54. The van der Waals surface area contributed by atoms with E-state index >= 15 is 0 Å². The van der Waals surface area contributed by atoms with Crippen LogP contribution in [0.4, 0.5) is 0 Å². The molecule has 4 heavy (non-hydrogen) atoms. The molecule has 0 aliphatic rings. The second kappa shape index (κ2) is 8.82. The third-order valence-corrected chi connectivity index (χ3v) is 0. The van der Waals surface area contributed by atoms with Crippen molar-refractivity contribution >= 4 is 40.1 Å². The van der Waals surface area contributed by atoms with E-state index in [0.29, 0.717) is 11.5 Å². The minimum absolute atomic E-state index is 0. The maximum absolute atomic E-state index is 4.18. The molecule has 0 rings (SSSR count). The Balaban J connectivity index is 0. The monoisotopic (exact) mass is 130 g/mol. The van der Waals surface area contributed by atoms with Gasteiger partial charge in [-0.1, -0.05) is 0 Å². The van der Waals surface area contributed by atoms with Crippen molar-refractivity contribution in [2.24, 2.45) is 0 Å². The van der Waals surface area contributed by atoms with Crippen molar-refractivity contribution in [1.29, 1.82) is 0 Å². The summed E-state index contributed by atoms with van der Waals surface area (Å²) in [6, 6.07) is 0. The third-order valence-electron chi connectivity index (χ3n) is 0. The van der Waals surface area contributed by atoms with Crippen LogP contribution in [0.2, 0.25) is 0 Å². The van der Waals surface area contributed by atoms with E-state index in [4.69, 9.17) is 0 Å². The molecule has 0 saturated carbocycles. The molecule has 0 aromatic heterocycles. The van der Waals surface area contributed by atoms with E-state index in [1.54, 1.807) is 0 Å². The summed E-state index contributed by atoms with van der Waals surface area (Å²) in [6.07, 6.45) is 0. The van der Waals surface area contributed by atoms with Crippen LogP contribution in [-0.4, -0.2) is 18.9 Å². The van der Waals surface area contributed by atoms with Gasteiger partial charge in [-0.3, -0.25) is 0 Å². The Morgan fingerprint density at radius 1 is 1.25 bits per heavy atom. The van der Waals surface area contributed by atoms with Gasteiger partial charge in [0.05, 0.1) is 0 Å². The van der Waals surface area contributed by atoms with Gasteiger partial charge in [0, 0.05) is 18.9 Å². The van der Waals surface area contributed by atoms with Gasteiger partial charge in [-0.15, -0.1) is 0 Å². The van der Waals surface area contributed by atoms with Crippen molar-refractivity contribution in [3.8, 4) is 0 Å². The molecule has 22 valence electrons. The van der Waals surface area contributed by atoms with Crippen molar-refractivity contribution in [3.05, 3.63) is 0 Å². The van der Waals surface area contributed by atoms with Gasteiger partial charge in [0.1, 0.15) is 0 Å². The molecular weight excluding hydrogens is 130 g/mol. The van der Waals surface area contributed by atoms with E-state index in [1.807, 2.05) is 0 Å². The molecule has 0 saturated heterocycles. The van der Waals surface area contributed by atoms with Gasteiger partial charge < -0.3 is 0 Å². The van der Waals surface area contributed by atoms with Gasteiger partial charge in [0.25, 0.3) is 0 Å². The summed E-state index contributed by atoms with van der Waals surface area (Å²) in [4.78, 5) is 0. The summed E-state index contributed by atoms with van der Waals surface area (Å²) < 4.78 is 0. The second-order valence-corrected chi connectivity index (χ2v) is 2.06. The molecule has 0 aromatic carbocycles. The predicted octanol–water partition coefficient (Wildman–Crippen LogP) is 0.913. The topological polar surface area (TPSA) is 0 Å². The summed E-state index contributed by atoms with van der Waals surface area (Å²) in [5, 5.41) is 0. The van der Waals surface area contributed by atoms with Crippen LogP contribution in [-0.2, 0) is 11.5 Å². The standard InChI is InChI=1S/Co.Li.2S. The zero-order valence-corrected chi connectivity index (χ0v) is 4.82. The second-order valence-electron chi connectivity index (χ2n) is 0.0556. The molecule has 0 bridgehead atoms. The van der Waals surface area contributed by atoms with Gasteiger partial charge in [0.2, 0.25) is 0 Å². The van der Waals surface area contributed by atoms with Crippen molar-refractivity contribution in [2.75, 3.05) is 0 Å². The van der Waals surface area contributed by atoms with E-state index in [9.17, 15) is 0 Å². The first-order chi connectivity index (χ1) is 1.41. The fourth-order valence-corrected chi connectivity index (χ4v) is 0. The molecule has 0 unspecified atom stereocenters. The molecule has 0 N–H and O–H groups in total. The maximum atomic E-state index is 4.18. The fourth-order valence-electron chi connectivity index (χ4n) is 0. The number of hydrogen-bond acceptors (Lipinski definition) is 2.